The van der Waals surface area contributed by atoms with E-state index < -0.39 is 11.3 Å². The van der Waals surface area contributed by atoms with Crippen molar-refractivity contribution in [3.8, 4) is 22.4 Å². The molecule has 278 valence electrons. The summed E-state index contributed by atoms with van der Waals surface area (Å²) in [5, 5.41) is 15.1. The number of hydrogen-bond donors (Lipinski definition) is 3. The highest BCUT2D eigenvalue weighted by atomic mass is 16.5. The molecule has 3 aromatic carbocycles. The van der Waals surface area contributed by atoms with Gasteiger partial charge in [0.05, 0.1) is 11.1 Å². The summed E-state index contributed by atoms with van der Waals surface area (Å²) in [4.78, 5) is 49.6. The SMILES string of the molecule is Cc1cc(-c2[nH]nc3ncc(-c4ccc(N5CCN(CCc6ccc7c(c6)C[C@@]6(CC(=O)NC6=O)C7)CC5)cc4)cc23)ccc1[C@@H](C)c1noc(C(N)=O)n1. The summed E-state index contributed by atoms with van der Waals surface area (Å²) in [6, 6.07) is 23.6. The second kappa shape index (κ2) is 13.6. The summed E-state index contributed by atoms with van der Waals surface area (Å²) in [5.74, 6) is -1.01. The molecule has 2 fully saturated rings. The Labute approximate surface area is 317 Å². The van der Waals surface area contributed by atoms with E-state index in [0.29, 0.717) is 30.7 Å². The van der Waals surface area contributed by atoms with Gasteiger partial charge in [0.2, 0.25) is 11.8 Å². The van der Waals surface area contributed by atoms with E-state index in [2.05, 4.69) is 95.0 Å². The van der Waals surface area contributed by atoms with Gasteiger partial charge in [-0.2, -0.15) is 10.1 Å². The average molecular weight is 736 g/mol. The van der Waals surface area contributed by atoms with Crippen LogP contribution >= 0.6 is 0 Å². The van der Waals surface area contributed by atoms with Crippen LogP contribution in [0.3, 0.4) is 0 Å². The van der Waals surface area contributed by atoms with Gasteiger partial charge in [-0.05, 0) is 83.8 Å². The fourth-order valence-corrected chi connectivity index (χ4v) is 8.57. The van der Waals surface area contributed by atoms with Crippen LogP contribution < -0.4 is 16.0 Å². The van der Waals surface area contributed by atoms with E-state index in [1.807, 2.05) is 32.2 Å². The van der Waals surface area contributed by atoms with Crippen LogP contribution in [0.1, 0.15) is 63.6 Å². The lowest BCUT2D eigenvalue weighted by Gasteiger charge is -2.36. The zero-order valence-electron chi connectivity index (χ0n) is 30.8. The zero-order chi connectivity index (χ0) is 37.8. The quantitative estimate of drug-likeness (QED) is 0.176. The van der Waals surface area contributed by atoms with Crippen molar-refractivity contribution < 1.29 is 18.9 Å². The molecule has 0 saturated carbocycles. The molecule has 0 unspecified atom stereocenters. The minimum absolute atomic E-state index is 0.113. The summed E-state index contributed by atoms with van der Waals surface area (Å²) in [6.07, 6.45) is 4.44. The van der Waals surface area contributed by atoms with Crippen molar-refractivity contribution in [1.82, 2.24) is 35.5 Å². The number of carbonyl (C=O) groups is 3. The van der Waals surface area contributed by atoms with Crippen LogP contribution in [0.5, 0.6) is 0 Å². The van der Waals surface area contributed by atoms with Gasteiger partial charge in [-0.3, -0.25) is 29.7 Å². The van der Waals surface area contributed by atoms with Crippen LogP contribution in [0, 0.1) is 12.3 Å². The molecule has 0 bridgehead atoms. The van der Waals surface area contributed by atoms with Crippen LogP contribution in [-0.4, -0.2) is 80.7 Å². The Bertz CT molecular complexity index is 2480. The number of anilines is 1. The third kappa shape index (κ3) is 6.43. The van der Waals surface area contributed by atoms with Gasteiger partial charge < -0.3 is 15.2 Å². The first-order valence-corrected chi connectivity index (χ1v) is 18.7. The number of carbonyl (C=O) groups excluding carboxylic acids is 3. The molecule has 1 spiro atoms. The number of aromatic nitrogens is 5. The maximum atomic E-state index is 12.5. The van der Waals surface area contributed by atoms with Gasteiger partial charge in [0.15, 0.2) is 11.5 Å². The second-order valence-corrected chi connectivity index (χ2v) is 15.2. The van der Waals surface area contributed by atoms with Crippen LogP contribution in [0.15, 0.2) is 77.4 Å². The number of H-pyrrole nitrogens is 1. The summed E-state index contributed by atoms with van der Waals surface area (Å²) < 4.78 is 5.00. The van der Waals surface area contributed by atoms with E-state index in [9.17, 15) is 14.4 Å². The summed E-state index contributed by atoms with van der Waals surface area (Å²) in [7, 11) is 0. The first-order chi connectivity index (χ1) is 26.6. The third-order valence-corrected chi connectivity index (χ3v) is 11.7. The van der Waals surface area contributed by atoms with E-state index in [-0.39, 0.29) is 23.6 Å². The highest BCUT2D eigenvalue weighted by Gasteiger charge is 2.50. The molecule has 4 N–H and O–H groups in total. The largest absolute Gasteiger partial charge is 0.369 e. The van der Waals surface area contributed by atoms with Gasteiger partial charge in [0.25, 0.3) is 0 Å². The highest BCUT2D eigenvalue weighted by molar-refractivity contribution is 6.06. The van der Waals surface area contributed by atoms with Crippen LogP contribution in [-0.2, 0) is 28.9 Å². The maximum absolute atomic E-state index is 12.5. The Morgan fingerprint density at radius 1 is 0.927 bits per heavy atom. The molecule has 9 rings (SSSR count). The molecule has 2 aliphatic heterocycles. The molecule has 6 aromatic rings. The first kappa shape index (κ1) is 34.6. The van der Waals surface area contributed by atoms with Crippen molar-refractivity contribution in [1.29, 1.82) is 0 Å². The summed E-state index contributed by atoms with van der Waals surface area (Å²) >= 11 is 0. The van der Waals surface area contributed by atoms with Crippen molar-refractivity contribution in [2.45, 2.75) is 45.4 Å². The van der Waals surface area contributed by atoms with E-state index in [1.165, 1.54) is 22.4 Å². The maximum Gasteiger partial charge on any atom is 0.315 e. The number of benzene rings is 3. The first-order valence-electron chi connectivity index (χ1n) is 18.7. The third-order valence-electron chi connectivity index (χ3n) is 11.7. The molecule has 5 heterocycles. The number of rotatable bonds is 9. The monoisotopic (exact) mass is 735 g/mol. The lowest BCUT2D eigenvalue weighted by Crippen LogP contribution is -2.47. The fourth-order valence-electron chi connectivity index (χ4n) is 8.57. The predicted molar refractivity (Wildman–Crippen MR) is 206 cm³/mol. The Kier molecular flexibility index (Phi) is 8.53. The molecule has 1 aliphatic carbocycles. The number of nitrogens with one attached hydrogen (secondary N) is 2. The van der Waals surface area contributed by atoms with Crippen molar-refractivity contribution in [3.05, 3.63) is 112 Å². The number of pyridine rings is 1. The molecular weight excluding hydrogens is 695 g/mol. The van der Waals surface area contributed by atoms with E-state index in [4.69, 9.17) is 10.3 Å². The number of hydrogen-bond acceptors (Lipinski definition) is 10. The molecular formula is C42H41N9O4. The van der Waals surface area contributed by atoms with Crippen LogP contribution in [0.25, 0.3) is 33.4 Å². The number of primary amides is 1. The van der Waals surface area contributed by atoms with E-state index in [1.54, 1.807) is 0 Å². The number of aryl methyl sites for hydroxylation is 1. The van der Waals surface area contributed by atoms with Crippen LogP contribution in [0.2, 0.25) is 0 Å². The van der Waals surface area contributed by atoms with Crippen molar-refractivity contribution in [2.75, 3.05) is 37.6 Å². The molecule has 3 aliphatic rings. The van der Waals surface area contributed by atoms with Crippen molar-refractivity contribution >= 4 is 34.4 Å². The molecule has 2 saturated heterocycles. The second-order valence-electron chi connectivity index (χ2n) is 15.2. The lowest BCUT2D eigenvalue weighted by molar-refractivity contribution is -0.128. The number of nitrogens with zero attached hydrogens (tertiary/aromatic N) is 6. The smallest absolute Gasteiger partial charge is 0.315 e. The van der Waals surface area contributed by atoms with Crippen molar-refractivity contribution in [3.63, 3.8) is 0 Å². The number of aromatic amines is 1. The molecule has 13 nitrogen and oxygen atoms in total. The van der Waals surface area contributed by atoms with Gasteiger partial charge in [-0.15, -0.1) is 0 Å². The van der Waals surface area contributed by atoms with E-state index >= 15 is 0 Å². The average Bonchev–Trinajstić information content (AvgIpc) is 3.99. The van der Waals surface area contributed by atoms with Crippen LogP contribution in [0.4, 0.5) is 5.69 Å². The Morgan fingerprint density at radius 2 is 1.71 bits per heavy atom. The molecule has 13 heteroatoms. The standard InChI is InChI=1S/C42H41N9O4/c1-24-17-28(7-10-33(24)25(2)38-46-40(37(43)53)55-49-38)36-34-19-31(23-44-39(34)48-47-36)27-5-8-32(9-6-27)51-15-13-50(14-16-51)12-11-26-3-4-29-20-42(21-30(29)18-26)22-35(52)45-41(42)54/h3-10,17-19,23,25H,11-16,20-22H2,1-2H3,(H2,43,53)(H,44,47,48)(H,45,52,54)/t25-,42-/m1/s1. The molecule has 3 aromatic heterocycles. The number of nitrogens with two attached hydrogens (primary N) is 1. The highest BCUT2D eigenvalue weighted by Crippen LogP contribution is 2.43. The lowest BCUT2D eigenvalue weighted by atomic mass is 9.83. The molecule has 55 heavy (non-hydrogen) atoms. The zero-order valence-corrected chi connectivity index (χ0v) is 30.8. The van der Waals surface area contributed by atoms with Gasteiger partial charge >= 0.3 is 11.8 Å². The minimum Gasteiger partial charge on any atom is -0.369 e. The van der Waals surface area contributed by atoms with Crippen molar-refractivity contribution in [2.24, 2.45) is 11.1 Å². The van der Waals surface area contributed by atoms with Gasteiger partial charge in [0.1, 0.15) is 0 Å². The number of imide groups is 1. The van der Waals surface area contributed by atoms with Gasteiger partial charge in [0, 0.05) is 73.5 Å². The molecule has 2 atom stereocenters. The summed E-state index contributed by atoms with van der Waals surface area (Å²) in [6.45, 7) is 8.89. The number of amides is 3. The number of fused-ring (bicyclic) bond motifs is 2. The van der Waals surface area contributed by atoms with Gasteiger partial charge in [-0.25, -0.2) is 4.98 Å². The molecule has 0 radical (unpaired) electrons. The Balaban J connectivity index is 0.824. The Morgan fingerprint density at radius 3 is 2.44 bits per heavy atom. The molecule has 3 amide bonds. The minimum atomic E-state index is -0.749. The number of piperazine rings is 1. The summed E-state index contributed by atoms with van der Waals surface area (Å²) in [5.41, 5.74) is 16.3. The normalized spacial score (nSPS) is 19.0. The van der Waals surface area contributed by atoms with E-state index in [0.717, 1.165) is 78.0 Å². The van der Waals surface area contributed by atoms with Gasteiger partial charge in [-0.1, -0.05) is 54.5 Å². The topological polar surface area (TPSA) is 176 Å². The fraction of sp³-hybridized carbons (Fsp3) is 0.310. The predicted octanol–water partition coefficient (Wildman–Crippen LogP) is 4.73. The Hall–Kier alpha value is -6.21.